The van der Waals surface area contributed by atoms with Crippen LogP contribution in [0.2, 0.25) is 0 Å². The van der Waals surface area contributed by atoms with Gasteiger partial charge in [-0.3, -0.25) is 10.3 Å². The van der Waals surface area contributed by atoms with Crippen LogP contribution in [-0.4, -0.2) is 54.4 Å². The van der Waals surface area contributed by atoms with E-state index in [2.05, 4.69) is 37.5 Å². The highest BCUT2D eigenvalue weighted by atomic mass is 15.3. The van der Waals surface area contributed by atoms with Crippen molar-refractivity contribution in [3.63, 3.8) is 0 Å². The van der Waals surface area contributed by atoms with Crippen LogP contribution in [-0.2, 0) is 0 Å². The highest BCUT2D eigenvalue weighted by Gasteiger charge is 2.24. The first-order valence-corrected chi connectivity index (χ1v) is 7.17. The molecule has 0 radical (unpaired) electrons. The van der Waals surface area contributed by atoms with Crippen molar-refractivity contribution >= 4 is 5.84 Å². The molecule has 1 unspecified atom stereocenters. The molecule has 0 amide bonds. The molecule has 0 aromatic rings. The zero-order valence-corrected chi connectivity index (χ0v) is 12.5. The maximum absolute atomic E-state index is 7.56. The number of hydrogen-bond acceptors (Lipinski definition) is 3. The molecule has 0 spiro atoms. The summed E-state index contributed by atoms with van der Waals surface area (Å²) in [6.07, 6.45) is 2.14. The summed E-state index contributed by atoms with van der Waals surface area (Å²) in [6.45, 7) is 14.5. The van der Waals surface area contributed by atoms with Crippen LogP contribution in [0.5, 0.6) is 0 Å². The number of nitrogens with one attached hydrogen (secondary N) is 1. The lowest BCUT2D eigenvalue weighted by Crippen LogP contribution is -2.51. The smallest absolute Gasteiger partial charge is 0.0963 e. The molecule has 1 atom stereocenters. The van der Waals surface area contributed by atoms with Gasteiger partial charge in [-0.15, -0.1) is 0 Å². The molecule has 1 aliphatic heterocycles. The highest BCUT2D eigenvalue weighted by Crippen LogP contribution is 2.22. The van der Waals surface area contributed by atoms with Crippen LogP contribution in [0.4, 0.5) is 0 Å². The Kier molecular flexibility index (Phi) is 5.60. The minimum absolute atomic E-state index is 0.142. The Labute approximate surface area is 112 Å². The van der Waals surface area contributed by atoms with Crippen molar-refractivity contribution in [1.29, 1.82) is 5.41 Å². The molecule has 1 heterocycles. The second-order valence-corrected chi connectivity index (χ2v) is 6.18. The highest BCUT2D eigenvalue weighted by molar-refractivity contribution is 5.82. The topological polar surface area (TPSA) is 56.4 Å². The summed E-state index contributed by atoms with van der Waals surface area (Å²) in [7, 11) is 0. The van der Waals surface area contributed by atoms with Gasteiger partial charge in [0, 0.05) is 31.1 Å². The van der Waals surface area contributed by atoms with Gasteiger partial charge in [-0.2, -0.15) is 0 Å². The molecule has 0 aromatic heterocycles. The van der Waals surface area contributed by atoms with Crippen LogP contribution in [0.15, 0.2) is 0 Å². The van der Waals surface area contributed by atoms with E-state index in [1.54, 1.807) is 0 Å². The summed E-state index contributed by atoms with van der Waals surface area (Å²) < 4.78 is 0. The van der Waals surface area contributed by atoms with Crippen LogP contribution in [0.1, 0.15) is 40.5 Å². The Morgan fingerprint density at radius 1 is 1.39 bits per heavy atom. The van der Waals surface area contributed by atoms with Gasteiger partial charge in [0.05, 0.1) is 5.84 Å². The third kappa shape index (κ3) is 4.25. The molecule has 18 heavy (non-hydrogen) atoms. The van der Waals surface area contributed by atoms with E-state index in [0.717, 1.165) is 25.9 Å². The molecule has 0 aromatic carbocycles. The van der Waals surface area contributed by atoms with Gasteiger partial charge in [-0.05, 0) is 32.9 Å². The fraction of sp³-hybridized carbons (Fsp3) is 0.929. The average Bonchev–Trinajstić information content (AvgIpc) is 2.29. The number of amidine groups is 1. The summed E-state index contributed by atoms with van der Waals surface area (Å²) in [5, 5.41) is 7.56. The molecular weight excluding hydrogens is 224 g/mol. The molecule has 0 bridgehead atoms. The normalized spacial score (nSPS) is 23.2. The van der Waals surface area contributed by atoms with Gasteiger partial charge in [0.1, 0.15) is 0 Å². The second-order valence-electron chi connectivity index (χ2n) is 6.18. The molecule has 0 saturated carbocycles. The third-order valence-corrected chi connectivity index (χ3v) is 4.26. The summed E-state index contributed by atoms with van der Waals surface area (Å²) in [6, 6.07) is 0.671. The Morgan fingerprint density at radius 2 is 2.06 bits per heavy atom. The Morgan fingerprint density at radius 3 is 2.56 bits per heavy atom. The van der Waals surface area contributed by atoms with Crippen LogP contribution in [0.3, 0.4) is 0 Å². The number of nitrogens with two attached hydrogens (primary N) is 1. The molecule has 1 fully saturated rings. The van der Waals surface area contributed by atoms with Gasteiger partial charge in [-0.25, -0.2) is 0 Å². The summed E-state index contributed by atoms with van der Waals surface area (Å²) in [5.41, 5.74) is 5.47. The predicted molar refractivity (Wildman–Crippen MR) is 78.1 cm³/mol. The van der Waals surface area contributed by atoms with Crippen LogP contribution >= 0.6 is 0 Å². The van der Waals surface area contributed by atoms with Crippen molar-refractivity contribution in [3.05, 3.63) is 0 Å². The van der Waals surface area contributed by atoms with Crippen molar-refractivity contribution in [1.82, 2.24) is 9.80 Å². The lowest BCUT2D eigenvalue weighted by atomic mass is 9.86. The lowest BCUT2D eigenvalue weighted by molar-refractivity contribution is 0.0858. The third-order valence-electron chi connectivity index (χ3n) is 4.26. The van der Waals surface area contributed by atoms with Crippen LogP contribution < -0.4 is 5.73 Å². The predicted octanol–water partition coefficient (Wildman–Crippen LogP) is 1.75. The monoisotopic (exact) mass is 254 g/mol. The number of rotatable bonds is 6. The van der Waals surface area contributed by atoms with Crippen molar-refractivity contribution < 1.29 is 0 Å². The van der Waals surface area contributed by atoms with E-state index in [1.165, 1.54) is 19.6 Å². The van der Waals surface area contributed by atoms with Gasteiger partial charge >= 0.3 is 0 Å². The van der Waals surface area contributed by atoms with Crippen molar-refractivity contribution in [2.45, 2.75) is 46.6 Å². The largest absolute Gasteiger partial charge is 0.387 e. The van der Waals surface area contributed by atoms with Crippen molar-refractivity contribution in [3.8, 4) is 0 Å². The van der Waals surface area contributed by atoms with Crippen molar-refractivity contribution in [2.24, 2.45) is 11.1 Å². The number of piperazine rings is 1. The van der Waals surface area contributed by atoms with E-state index in [-0.39, 0.29) is 5.41 Å². The van der Waals surface area contributed by atoms with E-state index in [4.69, 9.17) is 11.1 Å². The zero-order valence-electron chi connectivity index (χ0n) is 12.5. The minimum Gasteiger partial charge on any atom is -0.387 e. The maximum atomic E-state index is 7.56. The lowest BCUT2D eigenvalue weighted by Gasteiger charge is -2.39. The van der Waals surface area contributed by atoms with Gasteiger partial charge in [0.25, 0.3) is 0 Å². The Balaban J connectivity index is 2.27. The van der Waals surface area contributed by atoms with Gasteiger partial charge in [-0.1, -0.05) is 20.8 Å². The van der Waals surface area contributed by atoms with Gasteiger partial charge in [0.15, 0.2) is 0 Å². The van der Waals surface area contributed by atoms with Gasteiger partial charge in [0.2, 0.25) is 0 Å². The number of hydrogen-bond donors (Lipinski definition) is 2. The van der Waals surface area contributed by atoms with E-state index in [9.17, 15) is 0 Å². The number of likely N-dealkylation sites (N-methyl/N-ethyl adjacent to an activating group) is 1. The fourth-order valence-corrected chi connectivity index (χ4v) is 2.62. The summed E-state index contributed by atoms with van der Waals surface area (Å²) >= 11 is 0. The first-order chi connectivity index (χ1) is 8.36. The average molecular weight is 254 g/mol. The molecule has 4 nitrogen and oxygen atoms in total. The minimum atomic E-state index is -0.142. The molecular formula is C14H30N4. The molecule has 1 aliphatic rings. The maximum Gasteiger partial charge on any atom is 0.0963 e. The van der Waals surface area contributed by atoms with E-state index >= 15 is 0 Å². The number of nitrogens with zero attached hydrogens (tertiary/aromatic N) is 2. The summed E-state index contributed by atoms with van der Waals surface area (Å²) in [5.74, 6) is 0.312. The Bertz CT molecular complexity index is 275. The van der Waals surface area contributed by atoms with Crippen LogP contribution in [0, 0.1) is 10.8 Å². The second kappa shape index (κ2) is 6.53. The molecule has 3 N–H and O–H groups in total. The molecule has 0 aliphatic carbocycles. The quantitative estimate of drug-likeness (QED) is 0.561. The fourth-order valence-electron chi connectivity index (χ4n) is 2.62. The molecule has 4 heteroatoms. The molecule has 1 rings (SSSR count). The first kappa shape index (κ1) is 15.4. The van der Waals surface area contributed by atoms with E-state index in [0.29, 0.717) is 11.9 Å². The zero-order chi connectivity index (χ0) is 13.8. The standard InChI is InChI=1S/C14H30N4/c1-5-18-10-9-17(11-12(18)2)8-6-7-14(3,4)13(15)16/h12H,5-11H2,1-4H3,(H3,15,16). The van der Waals surface area contributed by atoms with E-state index in [1.807, 2.05) is 0 Å². The van der Waals surface area contributed by atoms with Crippen molar-refractivity contribution in [2.75, 3.05) is 32.7 Å². The SMILES string of the molecule is CCN1CCN(CCCC(C)(C)C(=N)N)CC1C. The Hall–Kier alpha value is -0.610. The van der Waals surface area contributed by atoms with Crippen LogP contribution in [0.25, 0.3) is 0 Å². The van der Waals surface area contributed by atoms with E-state index < -0.39 is 0 Å². The summed E-state index contributed by atoms with van der Waals surface area (Å²) in [4.78, 5) is 5.09. The van der Waals surface area contributed by atoms with Gasteiger partial charge < -0.3 is 10.6 Å². The first-order valence-electron chi connectivity index (χ1n) is 7.17. The molecule has 1 saturated heterocycles. The molecule has 106 valence electrons.